The van der Waals surface area contributed by atoms with Crippen molar-refractivity contribution in [1.29, 1.82) is 0 Å². The summed E-state index contributed by atoms with van der Waals surface area (Å²) in [7, 11) is 0. The molecule has 0 aliphatic heterocycles. The van der Waals surface area contributed by atoms with Gasteiger partial charge in [0.2, 0.25) is 0 Å². The molecular formula is C46H88O6. The number of carbonyl (C=O) groups is 3. The van der Waals surface area contributed by atoms with E-state index < -0.39 is 6.10 Å². The Balaban J connectivity index is 4.33. The molecule has 0 bridgehead atoms. The van der Waals surface area contributed by atoms with E-state index in [1.54, 1.807) is 0 Å². The van der Waals surface area contributed by atoms with Gasteiger partial charge in [0, 0.05) is 19.3 Å². The normalized spacial score (nSPS) is 12.5. The van der Waals surface area contributed by atoms with E-state index in [1.807, 2.05) is 0 Å². The van der Waals surface area contributed by atoms with Crippen molar-refractivity contribution in [3.8, 4) is 0 Å². The molecule has 0 aliphatic rings. The maximum Gasteiger partial charge on any atom is 0.306 e. The van der Waals surface area contributed by atoms with Gasteiger partial charge in [-0.1, -0.05) is 214 Å². The number of unbranched alkanes of at least 4 members (excludes halogenated alkanes) is 27. The molecule has 0 aromatic heterocycles. The second-order valence-corrected chi connectivity index (χ2v) is 15.9. The van der Waals surface area contributed by atoms with Gasteiger partial charge >= 0.3 is 17.9 Å². The van der Waals surface area contributed by atoms with Crippen molar-refractivity contribution in [2.24, 2.45) is 5.92 Å². The maximum atomic E-state index is 12.7. The summed E-state index contributed by atoms with van der Waals surface area (Å²) in [6.45, 7) is 8.98. The smallest absolute Gasteiger partial charge is 0.306 e. The molecule has 0 fully saturated rings. The first kappa shape index (κ1) is 50.4. The highest BCUT2D eigenvalue weighted by Crippen LogP contribution is 2.17. The van der Waals surface area contributed by atoms with Crippen molar-refractivity contribution in [1.82, 2.24) is 0 Å². The minimum Gasteiger partial charge on any atom is -0.462 e. The lowest BCUT2D eigenvalue weighted by molar-refractivity contribution is -0.167. The number of esters is 3. The third kappa shape index (κ3) is 38.1. The molecule has 6 heteroatoms. The molecule has 308 valence electrons. The molecule has 6 nitrogen and oxygen atoms in total. The van der Waals surface area contributed by atoms with Crippen molar-refractivity contribution in [2.45, 2.75) is 259 Å². The molecule has 0 spiro atoms. The van der Waals surface area contributed by atoms with Crippen molar-refractivity contribution in [3.05, 3.63) is 0 Å². The van der Waals surface area contributed by atoms with Gasteiger partial charge in [0.1, 0.15) is 13.2 Å². The number of ether oxygens (including phenoxy) is 3. The SMILES string of the molecule is CCCCCCCCCCCCCCCC(=O)O[C@H](COC(=O)CCCCCCCCCCC)COC(=O)CCCCCCCCCCC(C)CC. The van der Waals surface area contributed by atoms with Crippen LogP contribution >= 0.6 is 0 Å². The van der Waals surface area contributed by atoms with Crippen LogP contribution in [0.1, 0.15) is 252 Å². The van der Waals surface area contributed by atoms with E-state index in [0.29, 0.717) is 19.3 Å². The summed E-state index contributed by atoms with van der Waals surface area (Å²) in [4.78, 5) is 37.7. The van der Waals surface area contributed by atoms with Crippen LogP contribution in [-0.2, 0) is 28.6 Å². The van der Waals surface area contributed by atoms with Gasteiger partial charge in [0.05, 0.1) is 0 Å². The number of rotatable bonds is 41. The Bertz CT molecular complexity index is 783. The Hall–Kier alpha value is -1.59. The summed E-state index contributed by atoms with van der Waals surface area (Å²) in [5.74, 6) is -0.00896. The fourth-order valence-electron chi connectivity index (χ4n) is 6.77. The van der Waals surface area contributed by atoms with Crippen LogP contribution in [0, 0.1) is 5.92 Å². The van der Waals surface area contributed by atoms with E-state index in [2.05, 4.69) is 27.7 Å². The maximum absolute atomic E-state index is 12.7. The van der Waals surface area contributed by atoms with E-state index in [9.17, 15) is 14.4 Å². The molecule has 0 N–H and O–H groups in total. The molecule has 0 radical (unpaired) electrons. The average Bonchev–Trinajstić information content (AvgIpc) is 3.14. The summed E-state index contributed by atoms with van der Waals surface area (Å²) < 4.78 is 16.7. The third-order valence-electron chi connectivity index (χ3n) is 10.7. The minimum atomic E-state index is -0.759. The van der Waals surface area contributed by atoms with Crippen molar-refractivity contribution < 1.29 is 28.6 Å². The highest BCUT2D eigenvalue weighted by Gasteiger charge is 2.19. The minimum absolute atomic E-state index is 0.0642. The molecule has 0 aliphatic carbocycles. The molecule has 0 rings (SSSR count). The Morgan fingerprint density at radius 2 is 0.673 bits per heavy atom. The molecule has 0 aromatic carbocycles. The lowest BCUT2D eigenvalue weighted by Gasteiger charge is -2.18. The van der Waals surface area contributed by atoms with Gasteiger partial charge in [-0.25, -0.2) is 0 Å². The van der Waals surface area contributed by atoms with Gasteiger partial charge in [-0.05, 0) is 25.2 Å². The molecule has 0 saturated heterocycles. The van der Waals surface area contributed by atoms with Crippen LogP contribution in [0.3, 0.4) is 0 Å². The zero-order valence-corrected chi connectivity index (χ0v) is 35.3. The molecule has 1 unspecified atom stereocenters. The van der Waals surface area contributed by atoms with E-state index in [0.717, 1.165) is 63.7 Å². The topological polar surface area (TPSA) is 78.9 Å². The Morgan fingerprint density at radius 3 is 1.00 bits per heavy atom. The average molecular weight is 737 g/mol. The predicted octanol–water partition coefficient (Wildman–Crippen LogP) is 14.3. The first-order chi connectivity index (χ1) is 25.4. The summed E-state index contributed by atoms with van der Waals surface area (Å²) >= 11 is 0. The predicted molar refractivity (Wildman–Crippen MR) is 220 cm³/mol. The number of hydrogen-bond donors (Lipinski definition) is 0. The lowest BCUT2D eigenvalue weighted by atomic mass is 9.99. The van der Waals surface area contributed by atoms with Crippen molar-refractivity contribution in [2.75, 3.05) is 13.2 Å². The van der Waals surface area contributed by atoms with Gasteiger partial charge in [-0.3, -0.25) is 14.4 Å². The van der Waals surface area contributed by atoms with Gasteiger partial charge in [0.25, 0.3) is 0 Å². The summed E-state index contributed by atoms with van der Waals surface area (Å²) in [5, 5.41) is 0. The van der Waals surface area contributed by atoms with E-state index in [1.165, 1.54) is 148 Å². The second-order valence-electron chi connectivity index (χ2n) is 15.9. The Morgan fingerprint density at radius 1 is 0.385 bits per heavy atom. The van der Waals surface area contributed by atoms with Crippen LogP contribution in [0.15, 0.2) is 0 Å². The number of carbonyl (C=O) groups excluding carboxylic acids is 3. The summed E-state index contributed by atoms with van der Waals surface area (Å²) in [6, 6.07) is 0. The molecular weight excluding hydrogens is 648 g/mol. The van der Waals surface area contributed by atoms with Gasteiger partial charge < -0.3 is 14.2 Å². The fourth-order valence-corrected chi connectivity index (χ4v) is 6.77. The Labute approximate surface area is 323 Å². The first-order valence-electron chi connectivity index (χ1n) is 22.9. The van der Waals surface area contributed by atoms with Crippen LogP contribution < -0.4 is 0 Å². The molecule has 2 atom stereocenters. The second kappa shape index (κ2) is 40.6. The summed E-state index contributed by atoms with van der Waals surface area (Å²) in [5.41, 5.74) is 0. The molecule has 0 heterocycles. The van der Waals surface area contributed by atoms with Crippen LogP contribution in [0.5, 0.6) is 0 Å². The summed E-state index contributed by atoms with van der Waals surface area (Å²) in [6.07, 6.45) is 39.3. The van der Waals surface area contributed by atoms with Crippen LogP contribution in [-0.4, -0.2) is 37.2 Å². The Kier molecular flexibility index (Phi) is 39.4. The zero-order chi connectivity index (χ0) is 38.2. The van der Waals surface area contributed by atoms with E-state index in [4.69, 9.17) is 14.2 Å². The standard InChI is InChI=1S/C46H88O6/c1-5-8-10-12-14-16-17-18-19-21-27-31-35-39-46(49)52-43(40-50-44(47)37-33-29-25-20-15-13-11-9-6-2)41-51-45(48)38-34-30-26-23-22-24-28-32-36-42(4)7-3/h42-43H,5-41H2,1-4H3/t42?,43-/m1/s1. The van der Waals surface area contributed by atoms with Crippen LogP contribution in [0.4, 0.5) is 0 Å². The largest absolute Gasteiger partial charge is 0.462 e. The zero-order valence-electron chi connectivity index (χ0n) is 35.3. The molecule has 0 amide bonds. The quantitative estimate of drug-likeness (QED) is 0.0353. The monoisotopic (exact) mass is 737 g/mol. The van der Waals surface area contributed by atoms with Crippen molar-refractivity contribution in [3.63, 3.8) is 0 Å². The van der Waals surface area contributed by atoms with Crippen LogP contribution in [0.2, 0.25) is 0 Å². The molecule has 52 heavy (non-hydrogen) atoms. The van der Waals surface area contributed by atoms with Gasteiger partial charge in [0.15, 0.2) is 6.10 Å². The molecule has 0 saturated carbocycles. The lowest BCUT2D eigenvalue weighted by Crippen LogP contribution is -2.30. The highest BCUT2D eigenvalue weighted by molar-refractivity contribution is 5.71. The van der Waals surface area contributed by atoms with E-state index in [-0.39, 0.29) is 31.1 Å². The van der Waals surface area contributed by atoms with E-state index >= 15 is 0 Å². The number of hydrogen-bond acceptors (Lipinski definition) is 6. The molecule has 0 aromatic rings. The third-order valence-corrected chi connectivity index (χ3v) is 10.7. The van der Waals surface area contributed by atoms with Gasteiger partial charge in [-0.2, -0.15) is 0 Å². The highest BCUT2D eigenvalue weighted by atomic mass is 16.6. The van der Waals surface area contributed by atoms with Gasteiger partial charge in [-0.15, -0.1) is 0 Å². The fraction of sp³-hybridized carbons (Fsp3) is 0.935. The van der Waals surface area contributed by atoms with Crippen molar-refractivity contribution >= 4 is 17.9 Å². The first-order valence-corrected chi connectivity index (χ1v) is 22.9. The van der Waals surface area contributed by atoms with Crippen LogP contribution in [0.25, 0.3) is 0 Å².